The first-order valence-corrected chi connectivity index (χ1v) is 7.61. The third-order valence-electron chi connectivity index (χ3n) is 2.65. The highest BCUT2D eigenvalue weighted by molar-refractivity contribution is 7.10. The van der Waals surface area contributed by atoms with Crippen molar-refractivity contribution in [3.05, 3.63) is 40.6 Å². The number of nitrogens with zero attached hydrogens (tertiary/aromatic N) is 4. The van der Waals surface area contributed by atoms with Gasteiger partial charge in [-0.15, -0.1) is 0 Å². The fourth-order valence-corrected chi connectivity index (χ4v) is 2.68. The predicted octanol–water partition coefficient (Wildman–Crippen LogP) is 4.05. The molecule has 9 heteroatoms. The summed E-state index contributed by atoms with van der Waals surface area (Å²) < 4.78 is 9.28. The molecule has 1 N–H and O–H groups in total. The first-order valence-electron chi connectivity index (χ1n) is 6.08. The Hall–Kier alpha value is -1.96. The molecule has 0 atom stereocenters. The number of hydrogen-bond donors (Lipinski definition) is 1. The van der Waals surface area contributed by atoms with Crippen LogP contribution in [-0.2, 0) is 0 Å². The van der Waals surface area contributed by atoms with Crippen LogP contribution in [0.4, 0.5) is 10.8 Å². The van der Waals surface area contributed by atoms with Crippen LogP contribution < -0.4 is 10.1 Å². The van der Waals surface area contributed by atoms with E-state index in [2.05, 4.69) is 24.6 Å². The summed E-state index contributed by atoms with van der Waals surface area (Å²) in [5.41, 5.74) is 1.23. The van der Waals surface area contributed by atoms with Crippen molar-refractivity contribution in [2.45, 2.75) is 0 Å². The normalized spacial score (nSPS) is 10.5. The lowest BCUT2D eigenvalue weighted by molar-refractivity contribution is 0.396. The maximum Gasteiger partial charge on any atom is 0.232 e. The Balaban J connectivity index is 1.84. The van der Waals surface area contributed by atoms with Crippen molar-refractivity contribution in [3.8, 4) is 17.4 Å². The van der Waals surface area contributed by atoms with Crippen LogP contribution in [0.3, 0.4) is 0 Å². The molecule has 6 nitrogen and oxygen atoms in total. The number of halogens is 2. The lowest BCUT2D eigenvalue weighted by Gasteiger charge is -2.04. The van der Waals surface area contributed by atoms with Gasteiger partial charge in [-0.3, -0.25) is 4.98 Å². The third-order valence-corrected chi connectivity index (χ3v) is 3.83. The van der Waals surface area contributed by atoms with Crippen LogP contribution in [0.15, 0.2) is 30.6 Å². The summed E-state index contributed by atoms with van der Waals surface area (Å²) in [6, 6.07) is 5.17. The number of ether oxygens (including phenoxy) is 1. The molecule has 3 aromatic rings. The van der Waals surface area contributed by atoms with E-state index < -0.39 is 0 Å². The van der Waals surface area contributed by atoms with Crippen LogP contribution in [0.25, 0.3) is 11.5 Å². The van der Waals surface area contributed by atoms with Crippen molar-refractivity contribution in [3.63, 3.8) is 0 Å². The summed E-state index contributed by atoms with van der Waals surface area (Å²) >= 11 is 13.2. The molecular weight excluding hydrogens is 345 g/mol. The van der Waals surface area contributed by atoms with Gasteiger partial charge in [0.15, 0.2) is 5.82 Å². The lowest BCUT2D eigenvalue weighted by atomic mass is 10.3. The highest BCUT2D eigenvalue weighted by Gasteiger charge is 2.11. The van der Waals surface area contributed by atoms with E-state index in [1.54, 1.807) is 24.4 Å². The molecule has 0 fully saturated rings. The zero-order valence-corrected chi connectivity index (χ0v) is 13.6. The Bertz CT molecular complexity index is 811. The number of benzene rings is 1. The average molecular weight is 354 g/mol. The SMILES string of the molecule is COc1cncc(-c2nsc(Nc3ccc(Cl)cc3Cl)n2)n1. The maximum absolute atomic E-state index is 6.11. The molecule has 112 valence electrons. The third kappa shape index (κ3) is 3.27. The van der Waals surface area contributed by atoms with Crippen molar-refractivity contribution >= 4 is 45.6 Å². The quantitative estimate of drug-likeness (QED) is 0.762. The minimum absolute atomic E-state index is 0.405. The van der Waals surface area contributed by atoms with Gasteiger partial charge in [0.2, 0.25) is 11.0 Å². The Morgan fingerprint density at radius 1 is 1.18 bits per heavy atom. The van der Waals surface area contributed by atoms with Crippen LogP contribution in [0.1, 0.15) is 0 Å². The molecule has 2 aromatic heterocycles. The fraction of sp³-hybridized carbons (Fsp3) is 0.0769. The minimum Gasteiger partial charge on any atom is -0.480 e. The van der Waals surface area contributed by atoms with E-state index in [0.717, 1.165) is 0 Å². The van der Waals surface area contributed by atoms with Gasteiger partial charge in [0.25, 0.3) is 0 Å². The van der Waals surface area contributed by atoms with Crippen LogP contribution in [0, 0.1) is 0 Å². The molecule has 2 heterocycles. The summed E-state index contributed by atoms with van der Waals surface area (Å²) in [6.07, 6.45) is 3.09. The molecule has 0 bridgehead atoms. The van der Waals surface area contributed by atoms with Gasteiger partial charge in [0.1, 0.15) is 5.69 Å². The van der Waals surface area contributed by atoms with E-state index in [1.807, 2.05) is 0 Å². The van der Waals surface area contributed by atoms with Crippen LogP contribution >= 0.6 is 34.7 Å². The molecule has 0 saturated heterocycles. The number of rotatable bonds is 4. The highest BCUT2D eigenvalue weighted by atomic mass is 35.5. The van der Waals surface area contributed by atoms with Gasteiger partial charge < -0.3 is 10.1 Å². The van der Waals surface area contributed by atoms with E-state index in [1.165, 1.54) is 24.8 Å². The first kappa shape index (κ1) is 15.0. The molecule has 0 amide bonds. The van der Waals surface area contributed by atoms with Gasteiger partial charge in [0, 0.05) is 16.6 Å². The molecule has 3 rings (SSSR count). The molecule has 0 radical (unpaired) electrons. The monoisotopic (exact) mass is 353 g/mol. The summed E-state index contributed by atoms with van der Waals surface area (Å²) in [5, 5.41) is 4.75. The van der Waals surface area contributed by atoms with Gasteiger partial charge in [-0.1, -0.05) is 23.2 Å². The van der Waals surface area contributed by atoms with E-state index in [-0.39, 0.29) is 0 Å². The highest BCUT2D eigenvalue weighted by Crippen LogP contribution is 2.29. The van der Waals surface area contributed by atoms with Crippen molar-refractivity contribution < 1.29 is 4.74 Å². The van der Waals surface area contributed by atoms with E-state index >= 15 is 0 Å². The number of nitrogens with one attached hydrogen (secondary N) is 1. The van der Waals surface area contributed by atoms with Crippen molar-refractivity contribution in [2.75, 3.05) is 12.4 Å². The Kier molecular flexibility index (Phi) is 4.37. The fourth-order valence-electron chi connectivity index (χ4n) is 1.64. The molecule has 0 spiro atoms. The van der Waals surface area contributed by atoms with Crippen molar-refractivity contribution in [1.29, 1.82) is 0 Å². The van der Waals surface area contributed by atoms with Crippen LogP contribution in [0.2, 0.25) is 10.0 Å². The molecule has 0 aliphatic heterocycles. The predicted molar refractivity (Wildman–Crippen MR) is 87.2 cm³/mol. The van der Waals surface area contributed by atoms with E-state index in [4.69, 9.17) is 27.9 Å². The summed E-state index contributed by atoms with van der Waals surface area (Å²) in [5.74, 6) is 0.867. The standard InChI is InChI=1S/C13H9Cl2N5OS/c1-21-11-6-16-5-10(17-11)12-19-13(22-20-12)18-9-3-2-7(14)4-8(9)15/h2-6H,1H3,(H,18,19,20). The molecular formula is C13H9Cl2N5OS. The summed E-state index contributed by atoms with van der Waals surface area (Å²) in [6.45, 7) is 0. The summed E-state index contributed by atoms with van der Waals surface area (Å²) in [7, 11) is 1.53. The molecule has 22 heavy (non-hydrogen) atoms. The average Bonchev–Trinajstić information content (AvgIpc) is 2.99. The second-order valence-corrected chi connectivity index (χ2v) is 5.71. The largest absolute Gasteiger partial charge is 0.480 e. The van der Waals surface area contributed by atoms with Crippen LogP contribution in [-0.4, -0.2) is 26.4 Å². The van der Waals surface area contributed by atoms with Crippen molar-refractivity contribution in [2.24, 2.45) is 0 Å². The Morgan fingerprint density at radius 2 is 2.05 bits per heavy atom. The van der Waals surface area contributed by atoms with Gasteiger partial charge in [-0.25, -0.2) is 4.98 Å². The molecule has 0 saturated carbocycles. The zero-order valence-electron chi connectivity index (χ0n) is 11.2. The van der Waals surface area contributed by atoms with Gasteiger partial charge >= 0.3 is 0 Å². The lowest BCUT2D eigenvalue weighted by Crippen LogP contribution is -1.94. The van der Waals surface area contributed by atoms with E-state index in [0.29, 0.717) is 38.3 Å². The van der Waals surface area contributed by atoms with Gasteiger partial charge in [-0.2, -0.15) is 9.36 Å². The second-order valence-electron chi connectivity index (χ2n) is 4.12. The topological polar surface area (TPSA) is 72.8 Å². The second kappa shape index (κ2) is 6.43. The zero-order chi connectivity index (χ0) is 15.5. The van der Waals surface area contributed by atoms with Gasteiger partial charge in [-0.05, 0) is 18.2 Å². The number of hydrogen-bond acceptors (Lipinski definition) is 7. The maximum atomic E-state index is 6.11. The molecule has 0 aliphatic rings. The van der Waals surface area contributed by atoms with E-state index in [9.17, 15) is 0 Å². The number of aromatic nitrogens is 4. The number of methoxy groups -OCH3 is 1. The molecule has 0 unspecified atom stereocenters. The van der Waals surface area contributed by atoms with Crippen molar-refractivity contribution in [1.82, 2.24) is 19.3 Å². The number of anilines is 2. The molecule has 0 aliphatic carbocycles. The summed E-state index contributed by atoms with van der Waals surface area (Å²) in [4.78, 5) is 12.6. The van der Waals surface area contributed by atoms with Crippen LogP contribution in [0.5, 0.6) is 5.88 Å². The van der Waals surface area contributed by atoms with Gasteiger partial charge in [0.05, 0.1) is 30.2 Å². The smallest absolute Gasteiger partial charge is 0.232 e. The minimum atomic E-state index is 0.405. The Morgan fingerprint density at radius 3 is 2.82 bits per heavy atom. The first-order chi connectivity index (χ1) is 10.7. The Labute approximate surface area is 140 Å². The molecule has 1 aromatic carbocycles.